The molecule has 4 rings (SSSR count). The second-order valence-corrected chi connectivity index (χ2v) is 8.41. The lowest BCUT2D eigenvalue weighted by atomic mass is 9.99. The predicted molar refractivity (Wildman–Crippen MR) is 111 cm³/mol. The van der Waals surface area contributed by atoms with Crippen molar-refractivity contribution in [1.82, 2.24) is 15.3 Å². The number of piperidine rings is 2. The Morgan fingerprint density at radius 3 is 2.19 bits per heavy atom. The van der Waals surface area contributed by atoms with Crippen LogP contribution in [0.15, 0.2) is 6.07 Å². The molecule has 0 atom stereocenters. The predicted octanol–water partition coefficient (Wildman–Crippen LogP) is 3.15. The van der Waals surface area contributed by atoms with Crippen molar-refractivity contribution in [3.05, 3.63) is 6.07 Å². The van der Waals surface area contributed by atoms with Crippen LogP contribution < -0.4 is 20.4 Å². The molecule has 1 aromatic heterocycles. The van der Waals surface area contributed by atoms with Crippen molar-refractivity contribution in [2.24, 2.45) is 5.92 Å². The van der Waals surface area contributed by atoms with Crippen LogP contribution >= 0.6 is 12.2 Å². The molecule has 0 radical (unpaired) electrons. The summed E-state index contributed by atoms with van der Waals surface area (Å²) in [6.45, 7) is 6.64. The third-order valence-corrected chi connectivity index (χ3v) is 5.84. The van der Waals surface area contributed by atoms with Crippen LogP contribution in [0.4, 0.5) is 17.6 Å². The first-order chi connectivity index (χ1) is 12.7. The lowest BCUT2D eigenvalue weighted by Gasteiger charge is -2.33. The Hall–Kier alpha value is -1.63. The molecule has 7 heteroatoms. The average molecular weight is 375 g/mol. The molecule has 142 valence electrons. The number of aromatic nitrogens is 2. The van der Waals surface area contributed by atoms with Crippen molar-refractivity contribution in [3.8, 4) is 0 Å². The summed E-state index contributed by atoms with van der Waals surface area (Å²) in [6.07, 6.45) is 8.66. The van der Waals surface area contributed by atoms with E-state index in [9.17, 15) is 0 Å². The molecule has 0 spiro atoms. The molecular weight excluding hydrogens is 344 g/mol. The summed E-state index contributed by atoms with van der Waals surface area (Å²) >= 11 is 5.44. The van der Waals surface area contributed by atoms with E-state index in [1.54, 1.807) is 0 Å². The Bertz CT molecular complexity index is 633. The topological polar surface area (TPSA) is 56.3 Å². The maximum absolute atomic E-state index is 5.44. The molecule has 0 amide bonds. The van der Waals surface area contributed by atoms with E-state index in [-0.39, 0.29) is 0 Å². The van der Waals surface area contributed by atoms with E-state index in [4.69, 9.17) is 22.2 Å². The summed E-state index contributed by atoms with van der Waals surface area (Å²) in [6, 6.07) is 2.70. The molecule has 6 nitrogen and oxygen atoms in total. The Morgan fingerprint density at radius 1 is 0.962 bits per heavy atom. The highest BCUT2D eigenvalue weighted by molar-refractivity contribution is 7.80. The summed E-state index contributed by atoms with van der Waals surface area (Å²) in [5.74, 6) is 3.50. The van der Waals surface area contributed by atoms with Gasteiger partial charge >= 0.3 is 0 Å². The van der Waals surface area contributed by atoms with Gasteiger partial charge in [-0.05, 0) is 63.1 Å². The van der Waals surface area contributed by atoms with Gasteiger partial charge in [0, 0.05) is 38.3 Å². The van der Waals surface area contributed by atoms with Crippen molar-refractivity contribution in [2.75, 3.05) is 41.3 Å². The fraction of sp³-hybridized carbons (Fsp3) is 0.737. The maximum atomic E-state index is 5.44. The molecule has 1 aliphatic carbocycles. The van der Waals surface area contributed by atoms with Crippen molar-refractivity contribution in [2.45, 2.75) is 57.9 Å². The minimum atomic E-state index is 0.531. The van der Waals surface area contributed by atoms with E-state index in [0.29, 0.717) is 17.1 Å². The first-order valence-electron chi connectivity index (χ1n) is 10.1. The van der Waals surface area contributed by atoms with Gasteiger partial charge in [-0.2, -0.15) is 9.97 Å². The molecule has 3 fully saturated rings. The molecule has 0 aromatic carbocycles. The van der Waals surface area contributed by atoms with Gasteiger partial charge in [0.2, 0.25) is 5.95 Å². The highest BCUT2D eigenvalue weighted by Crippen LogP contribution is 2.27. The van der Waals surface area contributed by atoms with Crippen LogP contribution in [0.2, 0.25) is 0 Å². The van der Waals surface area contributed by atoms with Crippen molar-refractivity contribution >= 4 is 34.9 Å². The maximum Gasteiger partial charge on any atom is 0.232 e. The largest absolute Gasteiger partial charge is 0.360 e. The van der Waals surface area contributed by atoms with Crippen LogP contribution in [0.3, 0.4) is 0 Å². The van der Waals surface area contributed by atoms with Crippen LogP contribution in [-0.4, -0.2) is 47.3 Å². The molecular formula is C19H30N6S. The van der Waals surface area contributed by atoms with Crippen LogP contribution in [0.1, 0.15) is 51.9 Å². The van der Waals surface area contributed by atoms with Gasteiger partial charge in [-0.3, -0.25) is 0 Å². The summed E-state index contributed by atoms with van der Waals surface area (Å²) < 4.78 is 0. The number of hydrogen-bond donors (Lipinski definition) is 2. The zero-order valence-electron chi connectivity index (χ0n) is 15.7. The lowest BCUT2D eigenvalue weighted by Crippen LogP contribution is -2.36. The van der Waals surface area contributed by atoms with Crippen LogP contribution in [0.5, 0.6) is 0 Å². The highest BCUT2D eigenvalue weighted by atomic mass is 32.1. The molecule has 26 heavy (non-hydrogen) atoms. The summed E-state index contributed by atoms with van der Waals surface area (Å²) in [5.41, 5.74) is 0. The molecule has 3 heterocycles. The number of rotatable bonds is 4. The Labute approximate surface area is 161 Å². The first-order valence-corrected chi connectivity index (χ1v) is 10.5. The zero-order chi connectivity index (χ0) is 17.9. The molecule has 2 saturated heterocycles. The Kier molecular flexibility index (Phi) is 5.43. The zero-order valence-corrected chi connectivity index (χ0v) is 16.5. The van der Waals surface area contributed by atoms with Gasteiger partial charge in [0.1, 0.15) is 11.6 Å². The van der Waals surface area contributed by atoms with E-state index in [1.165, 1.54) is 44.9 Å². The molecule has 2 aliphatic heterocycles. The number of nitrogens with zero attached hydrogens (tertiary/aromatic N) is 4. The minimum Gasteiger partial charge on any atom is -0.360 e. The summed E-state index contributed by atoms with van der Waals surface area (Å²) in [7, 11) is 0. The standard InChI is InChI=1S/C19H30N6S/c1-14-7-11-25(12-8-14)17-13-16(24-9-3-2-4-10-24)21-18(22-17)23-19(26)20-15-5-6-15/h13-15H,2-12H2,1H3,(H2,20,21,22,23,26). The average Bonchev–Trinajstić information content (AvgIpc) is 3.46. The number of hydrogen-bond acceptors (Lipinski definition) is 5. The van der Waals surface area contributed by atoms with Gasteiger partial charge < -0.3 is 20.4 Å². The number of thiocarbonyl (C=S) groups is 1. The van der Waals surface area contributed by atoms with Gasteiger partial charge in [-0.25, -0.2) is 0 Å². The smallest absolute Gasteiger partial charge is 0.232 e. The molecule has 0 bridgehead atoms. The van der Waals surface area contributed by atoms with Gasteiger partial charge in [0.05, 0.1) is 0 Å². The van der Waals surface area contributed by atoms with Gasteiger partial charge in [-0.15, -0.1) is 0 Å². The van der Waals surface area contributed by atoms with Gasteiger partial charge in [-0.1, -0.05) is 6.92 Å². The van der Waals surface area contributed by atoms with E-state index < -0.39 is 0 Å². The third-order valence-electron chi connectivity index (χ3n) is 5.62. The summed E-state index contributed by atoms with van der Waals surface area (Å²) in [4.78, 5) is 14.4. The van der Waals surface area contributed by atoms with Crippen molar-refractivity contribution < 1.29 is 0 Å². The molecule has 0 unspecified atom stereocenters. The molecule has 2 N–H and O–H groups in total. The monoisotopic (exact) mass is 374 g/mol. The van der Waals surface area contributed by atoms with Crippen LogP contribution in [0, 0.1) is 5.92 Å². The van der Waals surface area contributed by atoms with E-state index in [2.05, 4.69) is 33.4 Å². The fourth-order valence-corrected chi connectivity index (χ4v) is 3.97. The van der Waals surface area contributed by atoms with Gasteiger partial charge in [0.15, 0.2) is 5.11 Å². The SMILES string of the molecule is CC1CCN(c2cc(N3CCCCC3)nc(NC(=S)NC3CC3)n2)CC1. The Morgan fingerprint density at radius 2 is 1.58 bits per heavy atom. The van der Waals surface area contributed by atoms with Gasteiger partial charge in [0.25, 0.3) is 0 Å². The van der Waals surface area contributed by atoms with E-state index in [0.717, 1.165) is 43.7 Å². The van der Waals surface area contributed by atoms with Crippen LogP contribution in [-0.2, 0) is 0 Å². The second kappa shape index (κ2) is 7.94. The summed E-state index contributed by atoms with van der Waals surface area (Å²) in [5, 5.41) is 7.19. The quantitative estimate of drug-likeness (QED) is 0.785. The van der Waals surface area contributed by atoms with Crippen molar-refractivity contribution in [3.63, 3.8) is 0 Å². The first kappa shape index (κ1) is 17.8. The van der Waals surface area contributed by atoms with Crippen LogP contribution in [0.25, 0.3) is 0 Å². The second-order valence-electron chi connectivity index (χ2n) is 8.00. The normalized spacial score (nSPS) is 21.6. The molecule has 1 aromatic rings. The fourth-order valence-electron chi connectivity index (χ4n) is 3.71. The molecule has 1 saturated carbocycles. The molecule has 3 aliphatic rings. The van der Waals surface area contributed by atoms with E-state index in [1.807, 2.05) is 0 Å². The lowest BCUT2D eigenvalue weighted by molar-refractivity contribution is 0.436. The number of nitrogens with one attached hydrogen (secondary N) is 2. The van der Waals surface area contributed by atoms with E-state index >= 15 is 0 Å². The number of anilines is 3. The minimum absolute atomic E-state index is 0.531. The van der Waals surface area contributed by atoms with Crippen molar-refractivity contribution in [1.29, 1.82) is 0 Å². The highest BCUT2D eigenvalue weighted by Gasteiger charge is 2.23. The Balaban J connectivity index is 1.54. The third kappa shape index (κ3) is 4.55.